The van der Waals surface area contributed by atoms with Crippen molar-refractivity contribution in [2.75, 3.05) is 46.3 Å². The molecule has 0 aromatic heterocycles. The summed E-state index contributed by atoms with van der Waals surface area (Å²) in [7, 11) is 7.35. The van der Waals surface area contributed by atoms with Crippen LogP contribution in [0.15, 0.2) is 18.2 Å². The van der Waals surface area contributed by atoms with E-state index in [9.17, 15) is 4.79 Å². The van der Waals surface area contributed by atoms with Crippen LogP contribution in [0.2, 0.25) is 0 Å². The van der Waals surface area contributed by atoms with Crippen molar-refractivity contribution >= 4 is 11.7 Å². The molecule has 1 aromatic carbocycles. The average molecular weight is 334 g/mol. The van der Waals surface area contributed by atoms with E-state index in [1.165, 1.54) is 12.7 Å². The lowest BCUT2D eigenvalue weighted by atomic mass is 9.97. The van der Waals surface area contributed by atoms with E-state index in [4.69, 9.17) is 9.47 Å². The molecule has 134 valence electrons. The molecule has 0 N–H and O–H groups in total. The van der Waals surface area contributed by atoms with Crippen molar-refractivity contribution in [3.8, 4) is 5.75 Å². The van der Waals surface area contributed by atoms with Crippen LogP contribution in [0.4, 0.5) is 5.69 Å². The number of likely N-dealkylation sites (tertiary alicyclic amines) is 1. The van der Waals surface area contributed by atoms with Crippen LogP contribution in [0, 0.1) is 5.92 Å². The molecule has 24 heavy (non-hydrogen) atoms. The number of nitrogens with zero attached hydrogens (tertiary/aromatic N) is 2. The lowest BCUT2D eigenvalue weighted by Gasteiger charge is -2.32. The molecule has 1 saturated heterocycles. The van der Waals surface area contributed by atoms with Gasteiger partial charge in [-0.1, -0.05) is 19.9 Å². The summed E-state index contributed by atoms with van der Waals surface area (Å²) in [5.41, 5.74) is 2.37. The van der Waals surface area contributed by atoms with E-state index in [0.29, 0.717) is 12.3 Å². The normalized spacial score (nSPS) is 21.1. The van der Waals surface area contributed by atoms with Gasteiger partial charge in [0.2, 0.25) is 0 Å². The number of methoxy groups -OCH3 is 2. The van der Waals surface area contributed by atoms with Crippen LogP contribution in [0.3, 0.4) is 0 Å². The smallest absolute Gasteiger partial charge is 0.305 e. The fourth-order valence-electron chi connectivity index (χ4n) is 3.52. The van der Waals surface area contributed by atoms with Gasteiger partial charge in [-0.15, -0.1) is 0 Å². The summed E-state index contributed by atoms with van der Waals surface area (Å²) in [6.07, 6.45) is 0.446. The summed E-state index contributed by atoms with van der Waals surface area (Å²) in [5.74, 6) is 1.44. The first kappa shape index (κ1) is 18.6. The zero-order valence-corrected chi connectivity index (χ0v) is 15.7. The molecule has 2 unspecified atom stereocenters. The molecule has 1 aliphatic heterocycles. The number of carbonyl (C=O) groups excluding carboxylic acids is 1. The van der Waals surface area contributed by atoms with E-state index in [-0.39, 0.29) is 17.9 Å². The second-order valence-electron chi connectivity index (χ2n) is 7.03. The number of hydrogen-bond donors (Lipinski definition) is 0. The molecular formula is C19H30N2O3. The van der Waals surface area contributed by atoms with E-state index in [2.05, 4.69) is 49.9 Å². The summed E-state index contributed by atoms with van der Waals surface area (Å²) in [4.78, 5) is 16.3. The minimum absolute atomic E-state index is 0.142. The maximum Gasteiger partial charge on any atom is 0.305 e. The van der Waals surface area contributed by atoms with Crippen molar-refractivity contribution in [1.29, 1.82) is 0 Å². The Morgan fingerprint density at radius 3 is 2.62 bits per heavy atom. The first-order valence-electron chi connectivity index (χ1n) is 8.53. The number of rotatable bonds is 6. The molecule has 2 atom stereocenters. The van der Waals surface area contributed by atoms with Crippen molar-refractivity contribution in [1.82, 2.24) is 4.90 Å². The van der Waals surface area contributed by atoms with E-state index in [1.807, 2.05) is 6.07 Å². The minimum atomic E-state index is -0.142. The number of carbonyl (C=O) groups is 1. The molecule has 0 spiro atoms. The Kier molecular flexibility index (Phi) is 6.10. The lowest BCUT2D eigenvalue weighted by molar-refractivity contribution is -0.141. The fraction of sp³-hybridized carbons (Fsp3) is 0.632. The Morgan fingerprint density at radius 1 is 1.33 bits per heavy atom. The van der Waals surface area contributed by atoms with Crippen LogP contribution in [-0.2, 0) is 9.53 Å². The number of hydrogen-bond acceptors (Lipinski definition) is 5. The predicted octanol–water partition coefficient (Wildman–Crippen LogP) is 2.75. The zero-order chi connectivity index (χ0) is 17.9. The van der Waals surface area contributed by atoms with Crippen molar-refractivity contribution in [3.63, 3.8) is 0 Å². The third-order valence-electron chi connectivity index (χ3n) is 4.99. The van der Waals surface area contributed by atoms with Crippen LogP contribution < -0.4 is 9.64 Å². The Morgan fingerprint density at radius 2 is 2.04 bits per heavy atom. The molecule has 1 fully saturated rings. The molecule has 0 amide bonds. The van der Waals surface area contributed by atoms with Gasteiger partial charge < -0.3 is 19.3 Å². The Labute approximate surface area is 145 Å². The number of ether oxygens (including phenoxy) is 2. The molecule has 0 radical (unpaired) electrons. The van der Waals surface area contributed by atoms with Gasteiger partial charge in [-0.3, -0.25) is 4.79 Å². The highest BCUT2D eigenvalue weighted by atomic mass is 16.5. The number of benzene rings is 1. The number of likely N-dealkylation sites (N-methyl/N-ethyl adjacent to an activating group) is 2. The summed E-state index contributed by atoms with van der Waals surface area (Å²) in [5, 5.41) is 0. The molecule has 5 heteroatoms. The first-order valence-corrected chi connectivity index (χ1v) is 8.53. The molecule has 1 aliphatic rings. The number of anilines is 1. The summed E-state index contributed by atoms with van der Waals surface area (Å²) in [6, 6.07) is 6.62. The number of esters is 1. The van der Waals surface area contributed by atoms with Gasteiger partial charge in [-0.05, 0) is 30.7 Å². The highest BCUT2D eigenvalue weighted by Crippen LogP contribution is 2.35. The van der Waals surface area contributed by atoms with E-state index in [1.54, 1.807) is 7.11 Å². The van der Waals surface area contributed by atoms with Gasteiger partial charge in [0.15, 0.2) is 0 Å². The third kappa shape index (κ3) is 4.01. The molecule has 0 saturated carbocycles. The molecule has 2 rings (SSSR count). The third-order valence-corrected chi connectivity index (χ3v) is 4.99. The lowest BCUT2D eigenvalue weighted by Crippen LogP contribution is -2.39. The molecule has 0 bridgehead atoms. The molecule has 1 aromatic rings. The zero-order valence-electron chi connectivity index (χ0n) is 15.7. The van der Waals surface area contributed by atoms with Crippen LogP contribution in [-0.4, -0.2) is 58.3 Å². The predicted molar refractivity (Wildman–Crippen MR) is 96.9 cm³/mol. The maximum absolute atomic E-state index is 11.8. The van der Waals surface area contributed by atoms with Crippen LogP contribution >= 0.6 is 0 Å². The van der Waals surface area contributed by atoms with Crippen molar-refractivity contribution in [2.45, 2.75) is 32.2 Å². The van der Waals surface area contributed by atoms with Crippen molar-refractivity contribution < 1.29 is 14.3 Å². The SMILES string of the molecule is COC(=O)CC1CN(C)CC1N(C)c1cc(C(C)C)ccc1OC. The van der Waals surface area contributed by atoms with E-state index in [0.717, 1.165) is 24.5 Å². The molecule has 1 heterocycles. The summed E-state index contributed by atoms with van der Waals surface area (Å²) >= 11 is 0. The van der Waals surface area contributed by atoms with Crippen molar-refractivity contribution in [2.24, 2.45) is 5.92 Å². The Hall–Kier alpha value is -1.75. The summed E-state index contributed by atoms with van der Waals surface area (Å²) < 4.78 is 10.5. The van der Waals surface area contributed by atoms with Gasteiger partial charge in [0.05, 0.1) is 26.3 Å². The second-order valence-corrected chi connectivity index (χ2v) is 7.03. The second kappa shape index (κ2) is 7.88. The molecule has 0 aliphatic carbocycles. The highest BCUT2D eigenvalue weighted by Gasteiger charge is 2.36. The van der Waals surface area contributed by atoms with Gasteiger partial charge in [-0.2, -0.15) is 0 Å². The van der Waals surface area contributed by atoms with Gasteiger partial charge in [0.25, 0.3) is 0 Å². The van der Waals surface area contributed by atoms with Crippen LogP contribution in [0.1, 0.15) is 31.7 Å². The highest BCUT2D eigenvalue weighted by molar-refractivity contribution is 5.70. The fourth-order valence-corrected chi connectivity index (χ4v) is 3.52. The van der Waals surface area contributed by atoms with Crippen LogP contribution in [0.5, 0.6) is 5.75 Å². The van der Waals surface area contributed by atoms with Gasteiger partial charge >= 0.3 is 5.97 Å². The van der Waals surface area contributed by atoms with Gasteiger partial charge in [0.1, 0.15) is 5.75 Å². The van der Waals surface area contributed by atoms with Gasteiger partial charge in [-0.25, -0.2) is 0 Å². The van der Waals surface area contributed by atoms with Crippen molar-refractivity contribution in [3.05, 3.63) is 23.8 Å². The largest absolute Gasteiger partial charge is 0.495 e. The summed E-state index contributed by atoms with van der Waals surface area (Å²) in [6.45, 7) is 6.20. The molecule has 5 nitrogen and oxygen atoms in total. The van der Waals surface area contributed by atoms with E-state index >= 15 is 0 Å². The topological polar surface area (TPSA) is 42.0 Å². The quantitative estimate of drug-likeness (QED) is 0.748. The maximum atomic E-state index is 11.8. The minimum Gasteiger partial charge on any atom is -0.495 e. The first-order chi connectivity index (χ1) is 11.4. The Balaban J connectivity index is 2.29. The monoisotopic (exact) mass is 334 g/mol. The average Bonchev–Trinajstić information content (AvgIpc) is 2.93. The van der Waals surface area contributed by atoms with Gasteiger partial charge in [0, 0.05) is 32.1 Å². The standard InChI is InChI=1S/C19H30N2O3/c1-13(2)14-7-8-18(23-5)16(9-14)21(4)17-12-20(3)11-15(17)10-19(22)24-6/h7-9,13,15,17H,10-12H2,1-6H3. The van der Waals surface area contributed by atoms with Crippen LogP contribution in [0.25, 0.3) is 0 Å². The molecular weight excluding hydrogens is 304 g/mol. The van der Waals surface area contributed by atoms with E-state index < -0.39 is 0 Å². The Bertz CT molecular complexity index is 574.